The SMILES string of the molecule is O=C(Cc1ccn(C2CCCC2)n1)c1ccc(F)c(Br)c1. The van der Waals surface area contributed by atoms with Crippen LogP contribution in [0.15, 0.2) is 34.9 Å². The molecular formula is C16H16BrFN2O. The maximum absolute atomic E-state index is 13.2. The number of benzene rings is 1. The van der Waals surface area contributed by atoms with Crippen molar-refractivity contribution in [3.8, 4) is 0 Å². The highest BCUT2D eigenvalue weighted by Gasteiger charge is 2.18. The lowest BCUT2D eigenvalue weighted by molar-refractivity contribution is 0.0991. The summed E-state index contributed by atoms with van der Waals surface area (Å²) in [4.78, 5) is 12.2. The van der Waals surface area contributed by atoms with Crippen molar-refractivity contribution in [2.24, 2.45) is 0 Å². The number of carbonyl (C=O) groups excluding carboxylic acids is 1. The van der Waals surface area contributed by atoms with E-state index >= 15 is 0 Å². The summed E-state index contributed by atoms with van der Waals surface area (Å²) >= 11 is 3.10. The molecule has 1 aliphatic carbocycles. The zero-order chi connectivity index (χ0) is 14.8. The first-order chi connectivity index (χ1) is 10.1. The smallest absolute Gasteiger partial charge is 0.168 e. The molecule has 0 spiro atoms. The van der Waals surface area contributed by atoms with Crippen molar-refractivity contribution < 1.29 is 9.18 Å². The van der Waals surface area contributed by atoms with Crippen molar-refractivity contribution >= 4 is 21.7 Å². The zero-order valence-electron chi connectivity index (χ0n) is 11.6. The van der Waals surface area contributed by atoms with Crippen LogP contribution in [0.3, 0.4) is 0 Å². The summed E-state index contributed by atoms with van der Waals surface area (Å²) in [6.07, 6.45) is 7.04. The van der Waals surface area contributed by atoms with Crippen LogP contribution in [0.2, 0.25) is 0 Å². The second-order valence-electron chi connectivity index (χ2n) is 5.45. The van der Waals surface area contributed by atoms with Crippen LogP contribution in [-0.4, -0.2) is 15.6 Å². The standard InChI is InChI=1S/C16H16BrFN2O/c17-14-9-11(5-6-15(14)18)16(21)10-12-7-8-20(19-12)13-3-1-2-4-13/h5-9,13H,1-4,10H2. The van der Waals surface area contributed by atoms with E-state index in [1.807, 2.05) is 16.9 Å². The molecule has 5 heteroatoms. The zero-order valence-corrected chi connectivity index (χ0v) is 13.1. The van der Waals surface area contributed by atoms with Gasteiger partial charge in [0.15, 0.2) is 5.78 Å². The summed E-state index contributed by atoms with van der Waals surface area (Å²) in [5.41, 5.74) is 1.27. The molecule has 0 unspecified atom stereocenters. The Hall–Kier alpha value is -1.49. The lowest BCUT2D eigenvalue weighted by Gasteiger charge is -2.08. The predicted molar refractivity (Wildman–Crippen MR) is 81.9 cm³/mol. The Morgan fingerprint density at radius 3 is 2.81 bits per heavy atom. The maximum atomic E-state index is 13.2. The number of Topliss-reactive ketones (excluding diaryl/α,β-unsaturated/α-hetero) is 1. The Balaban J connectivity index is 1.70. The van der Waals surface area contributed by atoms with Gasteiger partial charge in [-0.15, -0.1) is 0 Å². The van der Waals surface area contributed by atoms with Crippen LogP contribution in [0.25, 0.3) is 0 Å². The lowest BCUT2D eigenvalue weighted by Crippen LogP contribution is -2.08. The quantitative estimate of drug-likeness (QED) is 0.769. The predicted octanol–water partition coefficient (Wildman–Crippen LogP) is 4.33. The number of carbonyl (C=O) groups is 1. The van der Waals surface area contributed by atoms with Gasteiger partial charge in [0, 0.05) is 11.8 Å². The highest BCUT2D eigenvalue weighted by molar-refractivity contribution is 9.10. The van der Waals surface area contributed by atoms with Gasteiger partial charge in [-0.25, -0.2) is 4.39 Å². The third-order valence-electron chi connectivity index (χ3n) is 3.95. The second-order valence-corrected chi connectivity index (χ2v) is 6.31. The fraction of sp³-hybridized carbons (Fsp3) is 0.375. The van der Waals surface area contributed by atoms with Crippen molar-refractivity contribution in [1.29, 1.82) is 0 Å². The molecule has 110 valence electrons. The molecule has 0 radical (unpaired) electrons. The molecule has 1 saturated carbocycles. The number of ketones is 1. The van der Waals surface area contributed by atoms with Crippen molar-refractivity contribution in [1.82, 2.24) is 9.78 Å². The van der Waals surface area contributed by atoms with Gasteiger partial charge in [0.2, 0.25) is 0 Å². The van der Waals surface area contributed by atoms with E-state index < -0.39 is 0 Å². The van der Waals surface area contributed by atoms with Crippen LogP contribution >= 0.6 is 15.9 Å². The van der Waals surface area contributed by atoms with Crippen LogP contribution in [0.1, 0.15) is 47.8 Å². The molecule has 1 heterocycles. The highest BCUT2D eigenvalue weighted by Crippen LogP contribution is 2.28. The normalized spacial score (nSPS) is 15.5. The fourth-order valence-electron chi connectivity index (χ4n) is 2.78. The summed E-state index contributed by atoms with van der Waals surface area (Å²) in [5, 5.41) is 4.51. The Labute approximate surface area is 131 Å². The van der Waals surface area contributed by atoms with Gasteiger partial charge in [0.25, 0.3) is 0 Å². The minimum atomic E-state index is -0.364. The van der Waals surface area contributed by atoms with Gasteiger partial charge in [-0.1, -0.05) is 12.8 Å². The number of rotatable bonds is 4. The molecule has 3 nitrogen and oxygen atoms in total. The number of hydrogen-bond acceptors (Lipinski definition) is 2. The van der Waals surface area contributed by atoms with Crippen molar-refractivity contribution in [3.05, 3.63) is 52.0 Å². The van der Waals surface area contributed by atoms with E-state index in [2.05, 4.69) is 21.0 Å². The molecular weight excluding hydrogens is 335 g/mol. The molecule has 2 aromatic rings. The van der Waals surface area contributed by atoms with E-state index in [1.54, 1.807) is 0 Å². The Bertz CT molecular complexity index is 662. The fourth-order valence-corrected chi connectivity index (χ4v) is 3.16. The van der Waals surface area contributed by atoms with Gasteiger partial charge in [-0.2, -0.15) is 5.10 Å². The summed E-state index contributed by atoms with van der Waals surface area (Å²) < 4.78 is 15.5. The van der Waals surface area contributed by atoms with Gasteiger partial charge in [-0.3, -0.25) is 9.48 Å². The molecule has 0 N–H and O–H groups in total. The number of nitrogens with zero attached hydrogens (tertiary/aromatic N) is 2. The lowest BCUT2D eigenvalue weighted by atomic mass is 10.1. The van der Waals surface area contributed by atoms with E-state index in [4.69, 9.17) is 0 Å². The van der Waals surface area contributed by atoms with Gasteiger partial charge in [-0.05, 0) is 53.0 Å². The molecule has 1 fully saturated rings. The van der Waals surface area contributed by atoms with Crippen molar-refractivity contribution in [2.45, 2.75) is 38.1 Å². The summed E-state index contributed by atoms with van der Waals surface area (Å²) in [5.74, 6) is -0.413. The van der Waals surface area contributed by atoms with Crippen LogP contribution in [0.5, 0.6) is 0 Å². The molecule has 1 aromatic heterocycles. The van der Waals surface area contributed by atoms with E-state index in [1.165, 1.54) is 43.9 Å². The second kappa shape index (κ2) is 6.10. The van der Waals surface area contributed by atoms with Gasteiger partial charge in [0.1, 0.15) is 5.82 Å². The van der Waals surface area contributed by atoms with Crippen LogP contribution < -0.4 is 0 Å². The molecule has 0 atom stereocenters. The van der Waals surface area contributed by atoms with Crippen molar-refractivity contribution in [3.63, 3.8) is 0 Å². The molecule has 1 aromatic carbocycles. The van der Waals surface area contributed by atoms with E-state index in [9.17, 15) is 9.18 Å². The van der Waals surface area contributed by atoms with Gasteiger partial charge in [0.05, 0.1) is 22.6 Å². The van der Waals surface area contributed by atoms with Gasteiger partial charge < -0.3 is 0 Å². The largest absolute Gasteiger partial charge is 0.294 e. The first-order valence-corrected chi connectivity index (χ1v) is 7.95. The Morgan fingerprint density at radius 1 is 1.33 bits per heavy atom. The number of hydrogen-bond donors (Lipinski definition) is 0. The third-order valence-corrected chi connectivity index (χ3v) is 4.55. The van der Waals surface area contributed by atoms with Gasteiger partial charge >= 0.3 is 0 Å². The summed E-state index contributed by atoms with van der Waals surface area (Å²) in [6.45, 7) is 0. The molecule has 0 bridgehead atoms. The highest BCUT2D eigenvalue weighted by atomic mass is 79.9. The van der Waals surface area contributed by atoms with E-state index in [-0.39, 0.29) is 18.0 Å². The topological polar surface area (TPSA) is 34.9 Å². The molecule has 0 saturated heterocycles. The maximum Gasteiger partial charge on any atom is 0.168 e. The number of aromatic nitrogens is 2. The Kier molecular flexibility index (Phi) is 4.19. The number of halogens is 2. The van der Waals surface area contributed by atoms with Crippen LogP contribution in [-0.2, 0) is 6.42 Å². The Morgan fingerprint density at radius 2 is 2.10 bits per heavy atom. The average Bonchev–Trinajstić information content (AvgIpc) is 3.12. The summed E-state index contributed by atoms with van der Waals surface area (Å²) in [7, 11) is 0. The first kappa shape index (κ1) is 14.4. The first-order valence-electron chi connectivity index (χ1n) is 7.16. The van der Waals surface area contributed by atoms with E-state index in [0.717, 1.165) is 5.69 Å². The van der Waals surface area contributed by atoms with Crippen LogP contribution in [0.4, 0.5) is 4.39 Å². The minimum Gasteiger partial charge on any atom is -0.294 e. The monoisotopic (exact) mass is 350 g/mol. The average molecular weight is 351 g/mol. The van der Waals surface area contributed by atoms with Crippen LogP contribution in [0, 0.1) is 5.82 Å². The molecule has 0 amide bonds. The van der Waals surface area contributed by atoms with E-state index in [0.29, 0.717) is 16.1 Å². The molecule has 3 rings (SSSR count). The third kappa shape index (κ3) is 3.23. The minimum absolute atomic E-state index is 0.0487. The molecule has 1 aliphatic rings. The van der Waals surface area contributed by atoms with Crippen molar-refractivity contribution in [2.75, 3.05) is 0 Å². The summed E-state index contributed by atoms with van der Waals surface area (Å²) in [6, 6.07) is 6.71. The molecule has 21 heavy (non-hydrogen) atoms. The molecule has 0 aliphatic heterocycles.